The maximum atomic E-state index is 13.2. The maximum Gasteiger partial charge on any atom is 0.413 e. The number of hydrogen-bond acceptors (Lipinski definition) is 6. The lowest BCUT2D eigenvalue weighted by Gasteiger charge is -2.34. The van der Waals surface area contributed by atoms with E-state index in [1.165, 1.54) is 4.31 Å². The highest BCUT2D eigenvalue weighted by atomic mass is 35.5. The molecule has 0 aliphatic carbocycles. The third-order valence-corrected chi connectivity index (χ3v) is 9.22. The number of piperazine rings is 1. The van der Waals surface area contributed by atoms with Gasteiger partial charge in [-0.25, -0.2) is 18.2 Å². The number of hydrogen-bond donors (Lipinski definition) is 1. The topological polar surface area (TPSA) is 109 Å². The Labute approximate surface area is 268 Å². The molecule has 1 N–H and O–H groups in total. The Morgan fingerprint density at radius 3 is 2.24 bits per heavy atom. The van der Waals surface area contributed by atoms with Gasteiger partial charge in [0.05, 0.1) is 5.75 Å². The van der Waals surface area contributed by atoms with Crippen molar-refractivity contribution in [3.8, 4) is 11.1 Å². The Morgan fingerprint density at radius 2 is 1.58 bits per heavy atom. The molecule has 1 aliphatic heterocycles. The minimum Gasteiger partial charge on any atom is -0.444 e. The zero-order chi connectivity index (χ0) is 32.2. The van der Waals surface area contributed by atoms with Crippen LogP contribution in [0.5, 0.6) is 0 Å². The number of halogens is 1. The van der Waals surface area contributed by atoms with Crippen molar-refractivity contribution in [3.63, 3.8) is 0 Å². The average molecular weight is 647 g/mol. The highest BCUT2D eigenvalue weighted by Crippen LogP contribution is 2.23. The van der Waals surface area contributed by atoms with E-state index in [0.717, 1.165) is 27.5 Å². The van der Waals surface area contributed by atoms with Crippen LogP contribution < -0.4 is 5.32 Å². The van der Waals surface area contributed by atoms with Crippen LogP contribution in [0.1, 0.15) is 36.7 Å². The first-order valence-electron chi connectivity index (χ1n) is 14.6. The summed E-state index contributed by atoms with van der Waals surface area (Å²) in [5.74, 6) is 0.104. The van der Waals surface area contributed by atoms with Gasteiger partial charge in [0, 0.05) is 48.5 Å². The van der Waals surface area contributed by atoms with Crippen molar-refractivity contribution in [1.29, 1.82) is 0 Å². The number of fused-ring (bicyclic) bond motifs is 1. The van der Waals surface area contributed by atoms with Crippen LogP contribution in [0.4, 0.5) is 10.6 Å². The molecule has 1 fully saturated rings. The van der Waals surface area contributed by atoms with Crippen LogP contribution in [0.25, 0.3) is 28.0 Å². The molecule has 1 aromatic heterocycles. The van der Waals surface area contributed by atoms with Crippen molar-refractivity contribution in [3.05, 3.63) is 101 Å². The summed E-state index contributed by atoms with van der Waals surface area (Å²) in [5.41, 5.74) is 2.50. The standard InChI is InChI=1S/C34H35ClN4O5S/c1-34(2,3)44-33(41)37-31-15-13-29(23-36-31)25-8-10-26(11-9-25)32(40)38-16-18-39(19-17-38)45(42,43)20-4-5-24-6-7-28-22-30(35)14-12-27(28)21-24/h4-15,21-23H,16-20H2,1-3H3,(H,36,37,41). The van der Waals surface area contributed by atoms with Crippen molar-refractivity contribution in [2.75, 3.05) is 37.2 Å². The normalized spacial score (nSPS) is 14.5. The first-order valence-corrected chi connectivity index (χ1v) is 16.5. The van der Waals surface area contributed by atoms with Crippen molar-refractivity contribution in [2.24, 2.45) is 0 Å². The third-order valence-electron chi connectivity index (χ3n) is 7.22. The smallest absolute Gasteiger partial charge is 0.413 e. The molecule has 45 heavy (non-hydrogen) atoms. The highest BCUT2D eigenvalue weighted by molar-refractivity contribution is 7.89. The molecule has 0 unspecified atom stereocenters. The van der Waals surface area contributed by atoms with E-state index in [9.17, 15) is 18.0 Å². The molecule has 234 valence electrons. The molecule has 5 rings (SSSR count). The van der Waals surface area contributed by atoms with Gasteiger partial charge in [0.2, 0.25) is 10.0 Å². The second-order valence-electron chi connectivity index (χ2n) is 11.8. The molecular weight excluding hydrogens is 612 g/mol. The van der Waals surface area contributed by atoms with Gasteiger partial charge in [-0.3, -0.25) is 10.1 Å². The lowest BCUT2D eigenvalue weighted by atomic mass is 10.0. The zero-order valence-electron chi connectivity index (χ0n) is 25.4. The Kier molecular flexibility index (Phi) is 9.57. The molecule has 0 atom stereocenters. The van der Waals surface area contributed by atoms with Gasteiger partial charge in [-0.2, -0.15) is 4.31 Å². The van der Waals surface area contributed by atoms with E-state index < -0.39 is 21.7 Å². The minimum atomic E-state index is -3.51. The van der Waals surface area contributed by atoms with Crippen LogP contribution in [0.3, 0.4) is 0 Å². The molecule has 2 amide bonds. The summed E-state index contributed by atoms with van der Waals surface area (Å²) in [4.78, 5) is 31.1. The third kappa shape index (κ3) is 8.48. The van der Waals surface area contributed by atoms with Gasteiger partial charge in [0.1, 0.15) is 11.4 Å². The monoisotopic (exact) mass is 646 g/mol. The van der Waals surface area contributed by atoms with Gasteiger partial charge < -0.3 is 9.64 Å². The van der Waals surface area contributed by atoms with Crippen molar-refractivity contribution in [2.45, 2.75) is 26.4 Å². The van der Waals surface area contributed by atoms with Crippen LogP contribution in [0, 0.1) is 0 Å². The van der Waals surface area contributed by atoms with E-state index in [1.807, 2.05) is 54.6 Å². The summed E-state index contributed by atoms with van der Waals surface area (Å²) in [7, 11) is -3.51. The summed E-state index contributed by atoms with van der Waals surface area (Å²) in [6.07, 6.45) is 4.52. The summed E-state index contributed by atoms with van der Waals surface area (Å²) in [6, 6.07) is 22.2. The molecule has 2 heterocycles. The Bertz CT molecular complexity index is 1830. The van der Waals surface area contributed by atoms with Gasteiger partial charge in [-0.1, -0.05) is 54.1 Å². The van der Waals surface area contributed by atoms with E-state index in [0.29, 0.717) is 29.5 Å². The van der Waals surface area contributed by atoms with Crippen molar-refractivity contribution < 1.29 is 22.7 Å². The van der Waals surface area contributed by atoms with Gasteiger partial charge in [-0.15, -0.1) is 0 Å². The number of carbonyl (C=O) groups is 2. The van der Waals surface area contributed by atoms with Crippen LogP contribution in [-0.2, 0) is 14.8 Å². The van der Waals surface area contributed by atoms with Crippen molar-refractivity contribution in [1.82, 2.24) is 14.2 Å². The highest BCUT2D eigenvalue weighted by Gasteiger charge is 2.28. The van der Waals surface area contributed by atoms with Gasteiger partial charge in [0.25, 0.3) is 5.91 Å². The van der Waals surface area contributed by atoms with Crippen LogP contribution in [0.15, 0.2) is 85.1 Å². The maximum absolute atomic E-state index is 13.2. The minimum absolute atomic E-state index is 0.117. The van der Waals surface area contributed by atoms with E-state index in [4.69, 9.17) is 16.3 Å². The van der Waals surface area contributed by atoms with E-state index in [1.54, 1.807) is 62.2 Å². The summed E-state index contributed by atoms with van der Waals surface area (Å²) in [5, 5.41) is 5.32. The van der Waals surface area contributed by atoms with Crippen LogP contribution in [-0.4, -0.2) is 72.1 Å². The first kappa shape index (κ1) is 32.2. The summed E-state index contributed by atoms with van der Waals surface area (Å²) >= 11 is 6.06. The molecular formula is C34H35ClN4O5S. The fourth-order valence-electron chi connectivity index (χ4n) is 4.95. The Balaban J connectivity index is 1.12. The summed E-state index contributed by atoms with van der Waals surface area (Å²) in [6.45, 7) is 6.47. The molecule has 1 aliphatic rings. The van der Waals surface area contributed by atoms with Gasteiger partial charge >= 0.3 is 6.09 Å². The Hall–Kier alpha value is -4.25. The predicted molar refractivity (Wildman–Crippen MR) is 179 cm³/mol. The molecule has 4 aromatic rings. The van der Waals surface area contributed by atoms with Crippen molar-refractivity contribution >= 4 is 56.3 Å². The van der Waals surface area contributed by atoms with E-state index >= 15 is 0 Å². The van der Waals surface area contributed by atoms with Gasteiger partial charge in [-0.05, 0) is 85.1 Å². The molecule has 0 radical (unpaired) electrons. The Morgan fingerprint density at radius 1 is 0.911 bits per heavy atom. The molecule has 0 spiro atoms. The number of anilines is 1. The molecule has 9 nitrogen and oxygen atoms in total. The fourth-order valence-corrected chi connectivity index (χ4v) is 6.40. The number of aromatic nitrogens is 1. The molecule has 1 saturated heterocycles. The number of carbonyl (C=O) groups excluding carboxylic acids is 2. The van der Waals surface area contributed by atoms with E-state index in [-0.39, 0.29) is 24.7 Å². The van der Waals surface area contributed by atoms with E-state index in [2.05, 4.69) is 10.3 Å². The molecule has 0 saturated carbocycles. The van der Waals surface area contributed by atoms with Crippen LogP contribution in [0.2, 0.25) is 5.02 Å². The lowest BCUT2D eigenvalue weighted by Crippen LogP contribution is -2.50. The number of sulfonamides is 1. The average Bonchev–Trinajstić information content (AvgIpc) is 3.00. The van der Waals surface area contributed by atoms with Gasteiger partial charge in [0.15, 0.2) is 0 Å². The van der Waals surface area contributed by atoms with Crippen LogP contribution >= 0.6 is 11.6 Å². The predicted octanol–water partition coefficient (Wildman–Crippen LogP) is 6.70. The zero-order valence-corrected chi connectivity index (χ0v) is 26.9. The second kappa shape index (κ2) is 13.4. The largest absolute Gasteiger partial charge is 0.444 e. The number of amides is 2. The fraction of sp³-hybridized carbons (Fsp3) is 0.265. The second-order valence-corrected chi connectivity index (χ2v) is 14.2. The number of nitrogens with zero attached hydrogens (tertiary/aromatic N) is 3. The molecule has 0 bridgehead atoms. The number of pyridine rings is 1. The number of ether oxygens (including phenoxy) is 1. The lowest BCUT2D eigenvalue weighted by molar-refractivity contribution is 0.0634. The number of rotatable bonds is 7. The SMILES string of the molecule is CC(C)(C)OC(=O)Nc1ccc(-c2ccc(C(=O)N3CCN(S(=O)(=O)CC=Cc4ccc5cc(Cl)ccc5c4)CC3)cc2)cn1. The summed E-state index contributed by atoms with van der Waals surface area (Å²) < 4.78 is 32.7. The quantitative estimate of drug-likeness (QED) is 0.239. The molecule has 11 heteroatoms. The first-order chi connectivity index (χ1) is 21.4. The number of nitrogens with one attached hydrogen (secondary N) is 1. The molecule has 3 aromatic carbocycles. The number of benzene rings is 3.